The molecule has 0 bridgehead atoms. The summed E-state index contributed by atoms with van der Waals surface area (Å²) in [4.78, 5) is 10.8. The maximum Gasteiger partial charge on any atom is 0.304 e. The molecule has 0 unspecified atom stereocenters. The van der Waals surface area contributed by atoms with E-state index in [1.807, 2.05) is 18.2 Å². The number of unbranched alkanes of at least 4 members (excludes halogenated alkanes) is 7. The summed E-state index contributed by atoms with van der Waals surface area (Å²) >= 11 is 1.41. The van der Waals surface area contributed by atoms with Crippen molar-refractivity contribution in [2.24, 2.45) is 0 Å². The Morgan fingerprint density at radius 1 is 1.17 bits per heavy atom. The maximum absolute atomic E-state index is 10.8. The predicted octanol–water partition coefficient (Wildman–Crippen LogP) is 6.42. The average Bonchev–Trinajstić information content (AvgIpc) is 2.75. The highest BCUT2D eigenvalue weighted by atomic mass is 32.2. The zero-order valence-corrected chi connectivity index (χ0v) is 18.8. The van der Waals surface area contributed by atoms with Gasteiger partial charge in [0.2, 0.25) is 0 Å². The van der Waals surface area contributed by atoms with Crippen molar-refractivity contribution in [2.45, 2.75) is 76.1 Å². The molecule has 0 aliphatic heterocycles. The molecule has 5 heteroatoms. The number of thioether (sulfide) groups is 1. The van der Waals surface area contributed by atoms with Crippen molar-refractivity contribution < 1.29 is 15.0 Å². The fourth-order valence-electron chi connectivity index (χ4n) is 3.08. The predicted molar refractivity (Wildman–Crippen MR) is 126 cm³/mol. The first-order valence-electron chi connectivity index (χ1n) is 10.9. The molecule has 0 radical (unpaired) electrons. The lowest BCUT2D eigenvalue weighted by molar-refractivity contribution is -0.136. The molecule has 164 valence electrons. The standard InChI is InChI=1S/C25H35NO3S/c1-2-3-4-5-6-7-8-9-10-11-12-16-23(30-18-17-24(27)28)25(29)22-15-13-14-21(19-22)20-26/h10-16,19,23,25,29H,2-9,17-18H2,1H3,(H,27,28)/b11-10-,16-12+/t23-,25+/m1/s1. The molecule has 2 atom stereocenters. The SMILES string of the molecule is CCCCCCCCC/C=C\C=C\[C@@H](SCCC(=O)O)[C@@H](O)c1cccc(C#N)c1. The largest absolute Gasteiger partial charge is 0.481 e. The van der Waals surface area contributed by atoms with Crippen LogP contribution in [0.25, 0.3) is 0 Å². The second-order valence-electron chi connectivity index (χ2n) is 7.38. The van der Waals surface area contributed by atoms with Crippen LogP contribution >= 0.6 is 11.8 Å². The fourth-order valence-corrected chi connectivity index (χ4v) is 4.19. The van der Waals surface area contributed by atoms with Crippen molar-refractivity contribution in [1.29, 1.82) is 5.26 Å². The zero-order chi connectivity index (χ0) is 22.0. The summed E-state index contributed by atoms with van der Waals surface area (Å²) in [6.07, 6.45) is 17.3. The Morgan fingerprint density at radius 2 is 1.90 bits per heavy atom. The summed E-state index contributed by atoms with van der Waals surface area (Å²) < 4.78 is 0. The number of nitriles is 1. The van der Waals surface area contributed by atoms with Gasteiger partial charge in [0.1, 0.15) is 0 Å². The Labute approximate surface area is 185 Å². The minimum Gasteiger partial charge on any atom is -0.481 e. The summed E-state index contributed by atoms with van der Waals surface area (Å²) in [5.74, 6) is -0.429. The van der Waals surface area contributed by atoms with Gasteiger partial charge < -0.3 is 10.2 Å². The summed E-state index contributed by atoms with van der Waals surface area (Å²) in [5.41, 5.74) is 1.16. The topological polar surface area (TPSA) is 81.3 Å². The van der Waals surface area contributed by atoms with Crippen molar-refractivity contribution in [3.05, 3.63) is 59.7 Å². The third-order valence-electron chi connectivity index (χ3n) is 4.82. The van der Waals surface area contributed by atoms with Crippen LogP contribution in [0.2, 0.25) is 0 Å². The van der Waals surface area contributed by atoms with E-state index in [1.54, 1.807) is 24.3 Å². The minimum atomic E-state index is -0.846. The van der Waals surface area contributed by atoms with E-state index in [-0.39, 0.29) is 11.7 Å². The highest BCUT2D eigenvalue weighted by Crippen LogP contribution is 2.29. The van der Waals surface area contributed by atoms with Gasteiger partial charge in [-0.1, -0.05) is 81.9 Å². The quantitative estimate of drug-likeness (QED) is 0.234. The molecule has 0 amide bonds. The Kier molecular flexibility index (Phi) is 14.5. The minimum absolute atomic E-state index is 0.0497. The normalized spacial score (nSPS) is 13.5. The lowest BCUT2D eigenvalue weighted by atomic mass is 10.0. The van der Waals surface area contributed by atoms with E-state index < -0.39 is 12.1 Å². The Morgan fingerprint density at radius 3 is 2.60 bits per heavy atom. The molecular formula is C25H35NO3S. The third-order valence-corrected chi connectivity index (χ3v) is 6.06. The molecule has 30 heavy (non-hydrogen) atoms. The second kappa shape index (κ2) is 16.7. The maximum atomic E-state index is 10.8. The molecule has 2 N–H and O–H groups in total. The number of aliphatic hydroxyl groups is 1. The van der Waals surface area contributed by atoms with Crippen molar-refractivity contribution >= 4 is 17.7 Å². The molecule has 0 saturated carbocycles. The van der Waals surface area contributed by atoms with Crippen LogP contribution in [0.3, 0.4) is 0 Å². The van der Waals surface area contributed by atoms with Gasteiger partial charge in [-0.3, -0.25) is 4.79 Å². The van der Waals surface area contributed by atoms with Gasteiger partial charge in [0.05, 0.1) is 29.4 Å². The highest BCUT2D eigenvalue weighted by molar-refractivity contribution is 8.00. The third kappa shape index (κ3) is 11.8. The molecule has 1 rings (SSSR count). The summed E-state index contributed by atoms with van der Waals surface area (Å²) in [7, 11) is 0. The van der Waals surface area contributed by atoms with Gasteiger partial charge in [-0.15, -0.1) is 0 Å². The van der Waals surface area contributed by atoms with Gasteiger partial charge in [0.25, 0.3) is 0 Å². The molecular weight excluding hydrogens is 394 g/mol. The van der Waals surface area contributed by atoms with Gasteiger partial charge >= 0.3 is 5.97 Å². The number of carboxylic acids is 1. The van der Waals surface area contributed by atoms with Gasteiger partial charge in [-0.2, -0.15) is 17.0 Å². The van der Waals surface area contributed by atoms with Gasteiger partial charge in [0.15, 0.2) is 0 Å². The molecule has 0 spiro atoms. The summed E-state index contributed by atoms with van der Waals surface area (Å²) in [5, 5.41) is 28.5. The lowest BCUT2D eigenvalue weighted by Crippen LogP contribution is -2.14. The Bertz CT molecular complexity index is 709. The highest BCUT2D eigenvalue weighted by Gasteiger charge is 2.19. The van der Waals surface area contributed by atoms with E-state index in [9.17, 15) is 9.90 Å². The number of rotatable bonds is 16. The van der Waals surface area contributed by atoms with Crippen LogP contribution in [0.15, 0.2) is 48.6 Å². The summed E-state index contributed by atoms with van der Waals surface area (Å²) in [6, 6.07) is 9.01. The first kappa shape index (κ1) is 26.0. The lowest BCUT2D eigenvalue weighted by Gasteiger charge is -2.20. The number of aliphatic hydroxyl groups excluding tert-OH is 1. The van der Waals surface area contributed by atoms with Crippen LogP contribution in [0.4, 0.5) is 0 Å². The van der Waals surface area contributed by atoms with Gasteiger partial charge in [0, 0.05) is 5.75 Å². The van der Waals surface area contributed by atoms with Crippen LogP contribution < -0.4 is 0 Å². The molecule has 4 nitrogen and oxygen atoms in total. The van der Waals surface area contributed by atoms with E-state index in [0.29, 0.717) is 16.9 Å². The van der Waals surface area contributed by atoms with Crippen LogP contribution in [-0.2, 0) is 4.79 Å². The first-order valence-corrected chi connectivity index (χ1v) is 12.0. The molecule has 1 aromatic rings. The van der Waals surface area contributed by atoms with E-state index in [1.165, 1.54) is 56.7 Å². The van der Waals surface area contributed by atoms with Crippen LogP contribution in [0.1, 0.15) is 81.9 Å². The van der Waals surface area contributed by atoms with Crippen LogP contribution in [0.5, 0.6) is 0 Å². The van der Waals surface area contributed by atoms with E-state index >= 15 is 0 Å². The van der Waals surface area contributed by atoms with Gasteiger partial charge in [-0.05, 0) is 30.5 Å². The Hall–Kier alpha value is -2.03. The average molecular weight is 430 g/mol. The molecule has 1 aromatic carbocycles. The van der Waals surface area contributed by atoms with E-state index in [2.05, 4.69) is 19.1 Å². The number of aliphatic carboxylic acids is 1. The second-order valence-corrected chi connectivity index (χ2v) is 8.67. The summed E-state index contributed by atoms with van der Waals surface area (Å²) in [6.45, 7) is 2.23. The fraction of sp³-hybridized carbons (Fsp3) is 0.520. The number of carbonyl (C=O) groups is 1. The molecule has 0 aromatic heterocycles. The van der Waals surface area contributed by atoms with Crippen LogP contribution in [-0.4, -0.2) is 27.2 Å². The van der Waals surface area contributed by atoms with Crippen molar-refractivity contribution in [3.63, 3.8) is 0 Å². The molecule has 0 heterocycles. The van der Waals surface area contributed by atoms with Crippen molar-refractivity contribution in [3.8, 4) is 6.07 Å². The first-order chi connectivity index (χ1) is 14.6. The number of hydrogen-bond donors (Lipinski definition) is 2. The monoisotopic (exact) mass is 429 g/mol. The van der Waals surface area contributed by atoms with Gasteiger partial charge in [-0.25, -0.2) is 0 Å². The molecule has 0 aliphatic carbocycles. The number of nitrogens with zero attached hydrogens (tertiary/aromatic N) is 1. The smallest absolute Gasteiger partial charge is 0.304 e. The van der Waals surface area contributed by atoms with Crippen molar-refractivity contribution in [1.82, 2.24) is 0 Å². The molecule has 0 fully saturated rings. The number of carboxylic acid groups (broad SMARTS) is 1. The Balaban J connectivity index is 2.54. The molecule has 0 saturated heterocycles. The van der Waals surface area contributed by atoms with E-state index in [4.69, 9.17) is 10.4 Å². The van der Waals surface area contributed by atoms with E-state index in [0.717, 1.165) is 6.42 Å². The number of allylic oxidation sites excluding steroid dienone is 3. The van der Waals surface area contributed by atoms with Crippen LogP contribution in [0, 0.1) is 11.3 Å². The van der Waals surface area contributed by atoms with Crippen molar-refractivity contribution in [2.75, 3.05) is 5.75 Å². The zero-order valence-electron chi connectivity index (χ0n) is 18.0. The number of benzene rings is 1. The molecule has 0 aliphatic rings. The number of hydrogen-bond acceptors (Lipinski definition) is 4.